The molecule has 0 aliphatic rings. The van der Waals surface area contributed by atoms with Gasteiger partial charge in [-0.3, -0.25) is 34.6 Å². The van der Waals surface area contributed by atoms with Crippen LogP contribution >= 0.6 is 0 Å². The number of anilines is 2. The van der Waals surface area contributed by atoms with Crippen molar-refractivity contribution in [1.82, 2.24) is 0 Å². The maximum absolute atomic E-state index is 14.2. The summed E-state index contributed by atoms with van der Waals surface area (Å²) in [7, 11) is 1.33. The maximum atomic E-state index is 14.2. The molecule has 16 nitrogen and oxygen atoms in total. The minimum absolute atomic E-state index is 0.0240. The first kappa shape index (κ1) is 33.0. The monoisotopic (exact) mass is 592 g/mol. The molecule has 0 fully saturated rings. The predicted molar refractivity (Wildman–Crippen MR) is 146 cm³/mol. The van der Waals surface area contributed by atoms with Gasteiger partial charge in [-0.15, -0.1) is 10.2 Å². The lowest BCUT2D eigenvalue weighted by Gasteiger charge is -2.27. The van der Waals surface area contributed by atoms with Crippen LogP contribution in [0.5, 0.6) is 5.75 Å². The van der Waals surface area contributed by atoms with E-state index in [1.54, 1.807) is 18.7 Å². The number of azo groups is 1. The van der Waals surface area contributed by atoms with Crippen LogP contribution in [0.1, 0.15) is 33.6 Å². The molecule has 17 heteroatoms. The molecule has 1 N–H and O–H groups in total. The standard InChI is InChI=1S/C25H29FN6O10/c1-5-24(34)41-9-7-30(8-10-42-25(35)6-2)22-12-17(27-15(3)33)18(13-23(22)40-4)28-29-19-11-16(26)20(31(36)37)14-21(19)32(38)39/h11-14H,5-10H2,1-4H3,(H,27,33). The number of hydrogen-bond acceptors (Lipinski definition) is 13. The second-order valence-electron chi connectivity index (χ2n) is 8.36. The summed E-state index contributed by atoms with van der Waals surface area (Å²) < 4.78 is 30.1. The summed E-state index contributed by atoms with van der Waals surface area (Å²) in [5, 5.41) is 32.7. The average Bonchev–Trinajstić information content (AvgIpc) is 2.94. The maximum Gasteiger partial charge on any atom is 0.311 e. The smallest absolute Gasteiger partial charge is 0.311 e. The third kappa shape index (κ3) is 9.17. The first-order chi connectivity index (χ1) is 19.9. The van der Waals surface area contributed by atoms with Crippen molar-refractivity contribution in [2.75, 3.05) is 43.6 Å². The molecule has 0 saturated heterocycles. The highest BCUT2D eigenvalue weighted by Gasteiger charge is 2.25. The van der Waals surface area contributed by atoms with E-state index in [9.17, 15) is 39.0 Å². The van der Waals surface area contributed by atoms with E-state index in [0.29, 0.717) is 17.8 Å². The van der Waals surface area contributed by atoms with Gasteiger partial charge in [0, 0.05) is 31.9 Å². The zero-order valence-corrected chi connectivity index (χ0v) is 23.2. The van der Waals surface area contributed by atoms with Crippen LogP contribution in [0.4, 0.5) is 38.5 Å². The summed E-state index contributed by atoms with van der Waals surface area (Å²) >= 11 is 0. The Balaban J connectivity index is 2.58. The Kier molecular flexibility index (Phi) is 12.2. The van der Waals surface area contributed by atoms with E-state index in [1.165, 1.54) is 26.2 Å². The van der Waals surface area contributed by atoms with Gasteiger partial charge < -0.3 is 24.4 Å². The number of amides is 1. The number of carbonyl (C=O) groups is 3. The molecule has 0 aliphatic carbocycles. The molecular weight excluding hydrogens is 563 g/mol. The molecule has 0 aliphatic heterocycles. The van der Waals surface area contributed by atoms with Gasteiger partial charge in [-0.05, 0) is 6.07 Å². The lowest BCUT2D eigenvalue weighted by Crippen LogP contribution is -2.32. The van der Waals surface area contributed by atoms with Gasteiger partial charge >= 0.3 is 23.3 Å². The second kappa shape index (κ2) is 15.5. The highest BCUT2D eigenvalue weighted by atomic mass is 19.1. The predicted octanol–water partition coefficient (Wildman–Crippen LogP) is 4.74. The quantitative estimate of drug-likeness (QED) is 0.129. The molecule has 0 unspecified atom stereocenters. The summed E-state index contributed by atoms with van der Waals surface area (Å²) in [4.78, 5) is 57.3. The Morgan fingerprint density at radius 3 is 1.93 bits per heavy atom. The highest BCUT2D eigenvalue weighted by Crippen LogP contribution is 2.41. The third-order valence-electron chi connectivity index (χ3n) is 5.48. The van der Waals surface area contributed by atoms with Crippen molar-refractivity contribution in [2.45, 2.75) is 33.6 Å². The molecule has 2 aromatic carbocycles. The van der Waals surface area contributed by atoms with E-state index in [-0.39, 0.29) is 56.3 Å². The van der Waals surface area contributed by atoms with Crippen molar-refractivity contribution in [3.05, 3.63) is 50.3 Å². The Hall–Kier alpha value is -5.22. The fraction of sp³-hybridized carbons (Fsp3) is 0.400. The molecule has 0 atom stereocenters. The van der Waals surface area contributed by atoms with Crippen LogP contribution in [0.3, 0.4) is 0 Å². The molecule has 0 heterocycles. The van der Waals surface area contributed by atoms with Crippen LogP contribution in [-0.4, -0.2) is 61.1 Å². The van der Waals surface area contributed by atoms with Crippen LogP contribution in [0.15, 0.2) is 34.5 Å². The molecule has 2 aromatic rings. The van der Waals surface area contributed by atoms with Crippen molar-refractivity contribution in [1.29, 1.82) is 0 Å². The van der Waals surface area contributed by atoms with E-state index in [4.69, 9.17) is 14.2 Å². The van der Waals surface area contributed by atoms with Crippen molar-refractivity contribution in [3.8, 4) is 5.75 Å². The zero-order valence-electron chi connectivity index (χ0n) is 23.2. The number of nitrogens with one attached hydrogen (secondary N) is 1. The molecule has 1 amide bonds. The van der Waals surface area contributed by atoms with Crippen LogP contribution in [0.2, 0.25) is 0 Å². The number of benzene rings is 2. The van der Waals surface area contributed by atoms with Gasteiger partial charge in [-0.1, -0.05) is 13.8 Å². The van der Waals surface area contributed by atoms with Gasteiger partial charge in [0.1, 0.15) is 24.7 Å². The minimum Gasteiger partial charge on any atom is -0.494 e. The number of nitro benzene ring substituents is 2. The fourth-order valence-electron chi connectivity index (χ4n) is 3.45. The number of carbonyl (C=O) groups excluding carboxylic acids is 3. The van der Waals surface area contributed by atoms with E-state index < -0.39 is 50.6 Å². The number of esters is 2. The number of nitro groups is 2. The Labute approximate surface area is 238 Å². The molecule has 0 radical (unpaired) electrons. The zero-order chi connectivity index (χ0) is 31.4. The average molecular weight is 593 g/mol. The second-order valence-corrected chi connectivity index (χ2v) is 8.36. The number of nitrogens with zero attached hydrogens (tertiary/aromatic N) is 5. The van der Waals surface area contributed by atoms with E-state index in [0.717, 1.165) is 0 Å². The molecular formula is C25H29FN6O10. The van der Waals surface area contributed by atoms with Gasteiger partial charge in [0.15, 0.2) is 5.69 Å². The first-order valence-corrected chi connectivity index (χ1v) is 12.5. The van der Waals surface area contributed by atoms with Crippen LogP contribution in [0, 0.1) is 26.0 Å². The molecule has 0 saturated carbocycles. The minimum atomic E-state index is -1.36. The summed E-state index contributed by atoms with van der Waals surface area (Å²) in [5.41, 5.74) is -2.22. The summed E-state index contributed by atoms with van der Waals surface area (Å²) in [6.45, 7) is 4.72. The number of hydrogen-bond donors (Lipinski definition) is 1. The highest BCUT2D eigenvalue weighted by molar-refractivity contribution is 5.94. The van der Waals surface area contributed by atoms with Crippen molar-refractivity contribution in [2.24, 2.45) is 10.2 Å². The summed E-state index contributed by atoms with van der Waals surface area (Å²) in [6.07, 6.45) is 0.335. The Morgan fingerprint density at radius 2 is 1.45 bits per heavy atom. The number of halogens is 1. The molecule has 0 spiro atoms. The van der Waals surface area contributed by atoms with Crippen LogP contribution in [-0.2, 0) is 23.9 Å². The molecule has 226 valence electrons. The number of methoxy groups -OCH3 is 1. The van der Waals surface area contributed by atoms with Gasteiger partial charge in [0.25, 0.3) is 0 Å². The van der Waals surface area contributed by atoms with Gasteiger partial charge in [-0.2, -0.15) is 4.39 Å². The van der Waals surface area contributed by atoms with Crippen molar-refractivity contribution < 1.29 is 42.8 Å². The molecule has 0 aromatic heterocycles. The molecule has 2 rings (SSSR count). The summed E-state index contributed by atoms with van der Waals surface area (Å²) in [6, 6.07) is 3.71. The van der Waals surface area contributed by atoms with Crippen molar-refractivity contribution >= 4 is 52.0 Å². The first-order valence-electron chi connectivity index (χ1n) is 12.5. The van der Waals surface area contributed by atoms with Gasteiger partial charge in [-0.25, -0.2) is 0 Å². The number of rotatable bonds is 15. The topological polar surface area (TPSA) is 205 Å². The van der Waals surface area contributed by atoms with E-state index in [2.05, 4.69) is 15.5 Å². The van der Waals surface area contributed by atoms with Gasteiger partial charge in [0.2, 0.25) is 11.7 Å². The molecule has 0 bridgehead atoms. The van der Waals surface area contributed by atoms with Crippen LogP contribution in [0.25, 0.3) is 0 Å². The third-order valence-corrected chi connectivity index (χ3v) is 5.48. The fourth-order valence-corrected chi connectivity index (χ4v) is 3.45. The van der Waals surface area contributed by atoms with E-state index >= 15 is 0 Å². The normalized spacial score (nSPS) is 10.7. The van der Waals surface area contributed by atoms with Gasteiger partial charge in [0.05, 0.1) is 47.5 Å². The lowest BCUT2D eigenvalue weighted by molar-refractivity contribution is -0.395. The number of ether oxygens (including phenoxy) is 3. The Morgan fingerprint density at radius 1 is 0.905 bits per heavy atom. The summed E-state index contributed by atoms with van der Waals surface area (Å²) in [5.74, 6) is -2.56. The lowest BCUT2D eigenvalue weighted by atomic mass is 10.2. The van der Waals surface area contributed by atoms with Crippen LogP contribution < -0.4 is 15.0 Å². The van der Waals surface area contributed by atoms with E-state index in [1.807, 2.05) is 0 Å². The largest absolute Gasteiger partial charge is 0.494 e. The molecule has 42 heavy (non-hydrogen) atoms. The Bertz CT molecular complexity index is 1360. The van der Waals surface area contributed by atoms with Crippen molar-refractivity contribution in [3.63, 3.8) is 0 Å². The SMILES string of the molecule is CCC(=O)OCCN(CCOC(=O)CC)c1cc(NC(C)=O)c(N=Nc2cc(F)c([N+](=O)[O-])cc2[N+](=O)[O-])cc1OC.